The molecule has 0 saturated carbocycles. The first-order valence-electron chi connectivity index (χ1n) is 15.4. The Morgan fingerprint density at radius 3 is 2.38 bits per heavy atom. The van der Waals surface area contributed by atoms with Crippen molar-refractivity contribution in [3.63, 3.8) is 0 Å². The van der Waals surface area contributed by atoms with Gasteiger partial charge in [0.25, 0.3) is 5.91 Å². The molecule has 0 aliphatic carbocycles. The van der Waals surface area contributed by atoms with Crippen molar-refractivity contribution in [1.82, 2.24) is 19.9 Å². The number of aromatic nitrogens is 4. The molecule has 276 valence electrons. The highest BCUT2D eigenvalue weighted by Crippen LogP contribution is 2.40. The first-order valence-corrected chi connectivity index (χ1v) is 17.8. The number of alkyl halides is 6. The molecular formula is C32H22BrF7N8O4S. The smallest absolute Gasteiger partial charge is 0.377 e. The van der Waals surface area contributed by atoms with Gasteiger partial charge in [-0.25, -0.2) is 22.1 Å². The fourth-order valence-electron chi connectivity index (χ4n) is 5.73. The molecule has 1 fully saturated rings. The number of carbonyl (C=O) groups excluding carboxylic acids is 1. The van der Waals surface area contributed by atoms with Crippen molar-refractivity contribution in [1.29, 1.82) is 0 Å². The average Bonchev–Trinajstić information content (AvgIpc) is 3.57. The van der Waals surface area contributed by atoms with E-state index in [4.69, 9.17) is 4.74 Å². The number of hydrogen-bond acceptors (Lipinski definition) is 10. The molecule has 53 heavy (non-hydrogen) atoms. The van der Waals surface area contributed by atoms with Gasteiger partial charge in [0.2, 0.25) is 16.0 Å². The Morgan fingerprint density at radius 2 is 1.70 bits per heavy atom. The Morgan fingerprint density at radius 1 is 1.00 bits per heavy atom. The number of nitrogens with zero attached hydrogens (tertiary/aromatic N) is 7. The van der Waals surface area contributed by atoms with Gasteiger partial charge < -0.3 is 15.0 Å². The number of amidine groups is 1. The Hall–Kier alpha value is -5.02. The quantitative estimate of drug-likeness (QED) is 0.213. The summed E-state index contributed by atoms with van der Waals surface area (Å²) in [6.45, 7) is 0.525. The molecule has 12 nitrogen and oxygen atoms in total. The largest absolute Gasteiger partial charge is 0.416 e. The van der Waals surface area contributed by atoms with E-state index < -0.39 is 62.7 Å². The third-order valence-corrected chi connectivity index (χ3v) is 10.6. The third kappa shape index (κ3) is 7.19. The molecule has 0 radical (unpaired) electrons. The Labute approximate surface area is 303 Å². The number of halogens is 8. The number of hydrogen-bond donors (Lipinski definition) is 1. The molecule has 4 aromatic rings. The third-order valence-electron chi connectivity index (χ3n) is 8.26. The van der Waals surface area contributed by atoms with Gasteiger partial charge in [-0.15, -0.1) is 0 Å². The van der Waals surface area contributed by atoms with Crippen LogP contribution >= 0.6 is 15.9 Å². The average molecular weight is 828 g/mol. The lowest BCUT2D eigenvalue weighted by Crippen LogP contribution is -2.53. The van der Waals surface area contributed by atoms with E-state index in [0.717, 1.165) is 28.8 Å². The minimum absolute atomic E-state index is 0.0164. The van der Waals surface area contributed by atoms with Crippen molar-refractivity contribution < 1.29 is 48.7 Å². The molecule has 1 amide bonds. The van der Waals surface area contributed by atoms with E-state index in [0.29, 0.717) is 40.7 Å². The number of ether oxygens (including phenoxy) is 1. The van der Waals surface area contributed by atoms with Crippen LogP contribution in [-0.4, -0.2) is 72.4 Å². The number of carbonyl (C=O) groups is 1. The summed E-state index contributed by atoms with van der Waals surface area (Å²) in [7, 11) is -4.41. The second-order valence-electron chi connectivity index (χ2n) is 11.8. The number of aliphatic imine (C=N–C) groups is 1. The lowest BCUT2D eigenvalue weighted by Gasteiger charge is -2.37. The molecule has 1 aromatic carbocycles. The predicted octanol–water partition coefficient (Wildman–Crippen LogP) is 5.97. The fourth-order valence-corrected chi connectivity index (χ4v) is 7.84. The summed E-state index contributed by atoms with van der Waals surface area (Å²) in [5, 5.41) is 2.27. The Kier molecular flexibility index (Phi) is 9.21. The molecule has 0 unspecified atom stereocenters. The van der Waals surface area contributed by atoms with Crippen LogP contribution in [0.3, 0.4) is 0 Å². The Balaban J connectivity index is 1.22. The molecule has 0 spiro atoms. The van der Waals surface area contributed by atoms with Crippen LogP contribution < -0.4 is 14.5 Å². The van der Waals surface area contributed by atoms with Gasteiger partial charge in [0.15, 0.2) is 0 Å². The summed E-state index contributed by atoms with van der Waals surface area (Å²) >= 11 is 3.33. The zero-order valence-corrected chi connectivity index (χ0v) is 29.0. The summed E-state index contributed by atoms with van der Waals surface area (Å²) < 4.78 is 129. The number of pyridine rings is 2. The van der Waals surface area contributed by atoms with Crippen LogP contribution in [0.5, 0.6) is 0 Å². The van der Waals surface area contributed by atoms with Gasteiger partial charge in [-0.05, 0) is 42.5 Å². The molecule has 21 heteroatoms. The second kappa shape index (κ2) is 13.4. The lowest BCUT2D eigenvalue weighted by molar-refractivity contribution is -0.138. The molecule has 3 aliphatic heterocycles. The maximum absolute atomic E-state index is 15.1. The highest BCUT2D eigenvalue weighted by atomic mass is 79.9. The van der Waals surface area contributed by atoms with Crippen LogP contribution in [0, 0.1) is 5.82 Å². The number of rotatable bonds is 8. The lowest BCUT2D eigenvalue weighted by atomic mass is 9.98. The number of nitrogens with one attached hydrogen (secondary N) is 1. The SMILES string of the molecule is O=C(Nc1cc(C2=Cc3cnc(N(C4COC4)S(=O)(=O)Cc4cc(C(F)(F)F)ccn4)nc3N3CCN=C23)c(Br)cc1F)c1cc(C(F)(F)F)ccn1. The number of sulfonamides is 1. The van der Waals surface area contributed by atoms with Crippen LogP contribution in [0.2, 0.25) is 0 Å². The first-order chi connectivity index (χ1) is 25.0. The van der Waals surface area contributed by atoms with Crippen LogP contribution in [0.4, 0.5) is 48.2 Å². The van der Waals surface area contributed by atoms with Crippen molar-refractivity contribution in [2.45, 2.75) is 24.1 Å². The van der Waals surface area contributed by atoms with Crippen molar-refractivity contribution >= 4 is 66.8 Å². The van der Waals surface area contributed by atoms with E-state index in [9.17, 15) is 39.6 Å². The van der Waals surface area contributed by atoms with Gasteiger partial charge in [-0.3, -0.25) is 19.8 Å². The number of fused-ring (bicyclic) bond motifs is 3. The molecule has 3 aromatic heterocycles. The monoisotopic (exact) mass is 826 g/mol. The minimum atomic E-state index is -4.74. The van der Waals surface area contributed by atoms with Crippen molar-refractivity contribution in [3.8, 4) is 0 Å². The first kappa shape index (κ1) is 36.3. The Bertz CT molecular complexity index is 2320. The number of anilines is 3. The normalized spacial score (nSPS) is 16.0. The van der Waals surface area contributed by atoms with Crippen LogP contribution in [0.15, 0.2) is 64.5 Å². The van der Waals surface area contributed by atoms with Crippen molar-refractivity contribution in [2.75, 3.05) is 40.8 Å². The standard InChI is InChI=1S/C32H22BrF7N8O4S/c33-23-11-24(34)25(45-29(49)26-9-18(2-4-42-26)32(38,39)40)10-21(23)22-7-16-12-44-30(46-27(16)47-6-5-43-28(22)47)48(20-13-52-14-20)53(50,51)15-19-8-17(1-3-41-19)31(35,36)37/h1-4,7-12,20H,5-6,13-15H2,(H,45,49). The predicted molar refractivity (Wildman–Crippen MR) is 180 cm³/mol. The van der Waals surface area contributed by atoms with E-state index in [-0.39, 0.29) is 53.9 Å². The minimum Gasteiger partial charge on any atom is -0.377 e. The molecule has 0 atom stereocenters. The molecule has 6 heterocycles. The van der Waals surface area contributed by atoms with Gasteiger partial charge in [-0.1, -0.05) is 15.9 Å². The summed E-state index contributed by atoms with van der Waals surface area (Å²) in [6, 6.07) is 4.20. The second-order valence-corrected chi connectivity index (χ2v) is 14.5. The zero-order chi connectivity index (χ0) is 37.9. The molecule has 0 bridgehead atoms. The zero-order valence-electron chi connectivity index (χ0n) is 26.6. The van der Waals surface area contributed by atoms with Gasteiger partial charge in [-0.2, -0.15) is 31.3 Å². The van der Waals surface area contributed by atoms with Gasteiger partial charge in [0.05, 0.1) is 48.3 Å². The summed E-state index contributed by atoms with van der Waals surface area (Å²) in [6.07, 6.45) is -4.81. The number of amides is 1. The van der Waals surface area contributed by atoms with E-state index >= 15 is 4.39 Å². The van der Waals surface area contributed by atoms with E-state index in [2.05, 4.69) is 46.2 Å². The van der Waals surface area contributed by atoms with Gasteiger partial charge in [0.1, 0.15) is 28.9 Å². The maximum atomic E-state index is 15.1. The summed E-state index contributed by atoms with van der Waals surface area (Å²) in [4.78, 5) is 35.5. The van der Waals surface area contributed by atoms with E-state index in [1.165, 1.54) is 12.3 Å². The molecule has 3 aliphatic rings. The molecule has 7 rings (SSSR count). The van der Waals surface area contributed by atoms with Crippen LogP contribution in [-0.2, 0) is 32.9 Å². The number of benzene rings is 1. The fraction of sp³-hybridized carbons (Fsp3) is 0.250. The molecular weight excluding hydrogens is 805 g/mol. The van der Waals surface area contributed by atoms with Crippen LogP contribution in [0.25, 0.3) is 11.6 Å². The highest BCUT2D eigenvalue weighted by molar-refractivity contribution is 9.10. The summed E-state index contributed by atoms with van der Waals surface area (Å²) in [5.74, 6) is -2.53. The van der Waals surface area contributed by atoms with Crippen molar-refractivity contribution in [2.24, 2.45) is 4.99 Å². The highest BCUT2D eigenvalue weighted by Gasteiger charge is 2.40. The topological polar surface area (TPSA) is 143 Å². The molecule has 1 saturated heterocycles. The van der Waals surface area contributed by atoms with Gasteiger partial charge in [0, 0.05) is 46.3 Å². The van der Waals surface area contributed by atoms with E-state index in [1.807, 2.05) is 0 Å². The maximum Gasteiger partial charge on any atom is 0.416 e. The van der Waals surface area contributed by atoms with Crippen molar-refractivity contribution in [3.05, 3.63) is 98.9 Å². The molecule has 1 N–H and O–H groups in total. The summed E-state index contributed by atoms with van der Waals surface area (Å²) in [5.41, 5.74) is -2.34. The van der Waals surface area contributed by atoms with Gasteiger partial charge >= 0.3 is 12.4 Å². The van der Waals surface area contributed by atoms with E-state index in [1.54, 1.807) is 11.0 Å². The van der Waals surface area contributed by atoms with Crippen LogP contribution in [0.1, 0.15) is 38.4 Å².